The van der Waals surface area contributed by atoms with Gasteiger partial charge in [-0.2, -0.15) is 0 Å². The Labute approximate surface area is 227 Å². The van der Waals surface area contributed by atoms with Crippen molar-refractivity contribution >= 4 is 45.5 Å². The van der Waals surface area contributed by atoms with Gasteiger partial charge in [0.15, 0.2) is 0 Å². The number of esters is 1. The van der Waals surface area contributed by atoms with Gasteiger partial charge in [-0.05, 0) is 38.5 Å². The number of fused-ring (bicyclic) bond motifs is 1. The van der Waals surface area contributed by atoms with Crippen LogP contribution in [0.5, 0.6) is 0 Å². The van der Waals surface area contributed by atoms with Crippen molar-refractivity contribution in [2.75, 3.05) is 26.3 Å². The SMILES string of the molecule is C=CCCOC(=O)[C@H]1[C@@H]2SC3(CC2Br)C(C(=O)N(CC=C)C2CCCCC2)N(CCCCO)C(=O)[C@H]13. The molecule has 4 fully saturated rings. The number of halogens is 1. The van der Waals surface area contributed by atoms with Gasteiger partial charge in [-0.1, -0.05) is 47.3 Å². The molecule has 3 aliphatic heterocycles. The number of alkyl halides is 1. The molecular weight excluding hydrogens is 544 g/mol. The van der Waals surface area contributed by atoms with Crippen LogP contribution in [0.4, 0.5) is 0 Å². The largest absolute Gasteiger partial charge is 0.465 e. The summed E-state index contributed by atoms with van der Waals surface area (Å²) in [6, 6.07) is -0.478. The van der Waals surface area contributed by atoms with Gasteiger partial charge < -0.3 is 19.6 Å². The number of amides is 2. The van der Waals surface area contributed by atoms with E-state index in [4.69, 9.17) is 4.74 Å². The van der Waals surface area contributed by atoms with E-state index >= 15 is 0 Å². The lowest BCUT2D eigenvalue weighted by Gasteiger charge is -2.41. The number of rotatable bonds is 12. The van der Waals surface area contributed by atoms with Crippen LogP contribution in [0.25, 0.3) is 0 Å². The van der Waals surface area contributed by atoms with Crippen LogP contribution >= 0.6 is 27.7 Å². The molecule has 0 aromatic carbocycles. The third kappa shape index (κ3) is 4.92. The van der Waals surface area contributed by atoms with Gasteiger partial charge in [0.05, 0.1) is 23.2 Å². The number of ether oxygens (including phenoxy) is 1. The van der Waals surface area contributed by atoms with Crippen LogP contribution in [0, 0.1) is 11.8 Å². The molecule has 2 amide bonds. The maximum Gasteiger partial charge on any atom is 0.310 e. The summed E-state index contributed by atoms with van der Waals surface area (Å²) in [5, 5.41) is 9.25. The first-order chi connectivity index (χ1) is 17.4. The maximum absolute atomic E-state index is 14.4. The Hall–Kier alpha value is -1.32. The molecule has 4 aliphatic rings. The standard InChI is InChI=1S/C27H39BrN2O5S/c1-3-5-16-35-26(34)20-21-24(32)30(14-9-10-15-31)23(27(21)17-19(28)22(20)36-27)25(33)29(13-4-2)18-11-7-6-8-12-18/h3-4,18-23,31H,1-2,5-17H2/t19?,20-,21+,22-,23?,27?/m1/s1. The van der Waals surface area contributed by atoms with Crippen molar-refractivity contribution < 1.29 is 24.2 Å². The molecule has 2 bridgehead atoms. The van der Waals surface area contributed by atoms with Gasteiger partial charge in [0.2, 0.25) is 11.8 Å². The zero-order valence-electron chi connectivity index (χ0n) is 21.0. The molecule has 9 heteroatoms. The molecule has 1 aliphatic carbocycles. The highest BCUT2D eigenvalue weighted by Crippen LogP contribution is 2.68. The summed E-state index contributed by atoms with van der Waals surface area (Å²) in [4.78, 5) is 45.4. The van der Waals surface area contributed by atoms with Gasteiger partial charge in [0, 0.05) is 35.8 Å². The Morgan fingerprint density at radius 1 is 1.22 bits per heavy atom. The number of thioether (sulfide) groups is 1. The lowest BCUT2D eigenvalue weighted by atomic mass is 9.71. The summed E-state index contributed by atoms with van der Waals surface area (Å²) >= 11 is 5.44. The topological polar surface area (TPSA) is 87.2 Å². The predicted molar refractivity (Wildman–Crippen MR) is 145 cm³/mol. The molecule has 200 valence electrons. The molecule has 1 spiro atoms. The van der Waals surface area contributed by atoms with Crippen molar-refractivity contribution in [2.24, 2.45) is 11.8 Å². The molecule has 4 rings (SSSR count). The van der Waals surface area contributed by atoms with Crippen molar-refractivity contribution in [1.82, 2.24) is 9.80 Å². The number of aliphatic hydroxyl groups is 1. The molecule has 1 saturated carbocycles. The zero-order valence-corrected chi connectivity index (χ0v) is 23.4. The Balaban J connectivity index is 1.69. The van der Waals surface area contributed by atoms with Crippen molar-refractivity contribution in [3.05, 3.63) is 25.3 Å². The van der Waals surface area contributed by atoms with Crippen molar-refractivity contribution in [1.29, 1.82) is 0 Å². The number of carbonyl (C=O) groups excluding carboxylic acids is 3. The van der Waals surface area contributed by atoms with E-state index in [1.54, 1.807) is 28.8 Å². The maximum atomic E-state index is 14.4. The highest BCUT2D eigenvalue weighted by Gasteiger charge is 2.76. The number of aliphatic hydroxyl groups excluding tert-OH is 1. The number of nitrogens with zero attached hydrogens (tertiary/aromatic N) is 2. The average Bonchev–Trinajstić information content (AvgIpc) is 3.46. The predicted octanol–water partition coefficient (Wildman–Crippen LogP) is 3.69. The molecule has 3 saturated heterocycles. The Morgan fingerprint density at radius 2 is 1.97 bits per heavy atom. The average molecular weight is 584 g/mol. The van der Waals surface area contributed by atoms with E-state index in [1.807, 2.05) is 4.90 Å². The van der Waals surface area contributed by atoms with Crippen LogP contribution in [0.15, 0.2) is 25.3 Å². The number of carbonyl (C=O) groups is 3. The number of likely N-dealkylation sites (tertiary alicyclic amines) is 1. The highest BCUT2D eigenvalue weighted by molar-refractivity contribution is 9.09. The number of hydrogen-bond acceptors (Lipinski definition) is 6. The normalized spacial score (nSPS) is 33.4. The van der Waals surface area contributed by atoms with Crippen molar-refractivity contribution in [3.63, 3.8) is 0 Å². The van der Waals surface area contributed by atoms with Crippen LogP contribution in [0.2, 0.25) is 0 Å². The highest BCUT2D eigenvalue weighted by atomic mass is 79.9. The van der Waals surface area contributed by atoms with Crippen LogP contribution < -0.4 is 0 Å². The Bertz CT molecular complexity index is 865. The van der Waals surface area contributed by atoms with E-state index in [1.165, 1.54) is 6.42 Å². The summed E-state index contributed by atoms with van der Waals surface area (Å²) in [6.07, 6.45) is 11.2. The van der Waals surface area contributed by atoms with Crippen LogP contribution in [0.1, 0.15) is 57.8 Å². The second-order valence-corrected chi connectivity index (χ2v) is 13.2. The molecule has 3 heterocycles. The lowest BCUT2D eigenvalue weighted by Crippen LogP contribution is -2.57. The van der Waals surface area contributed by atoms with E-state index in [2.05, 4.69) is 29.1 Å². The second kappa shape index (κ2) is 12.0. The minimum Gasteiger partial charge on any atom is -0.465 e. The first-order valence-corrected chi connectivity index (χ1v) is 15.1. The van der Waals surface area contributed by atoms with Gasteiger partial charge in [0.25, 0.3) is 0 Å². The van der Waals surface area contributed by atoms with Gasteiger partial charge in [-0.15, -0.1) is 24.9 Å². The van der Waals surface area contributed by atoms with Gasteiger partial charge in [0.1, 0.15) is 6.04 Å². The minimum atomic E-state index is -0.664. The molecule has 1 N–H and O–H groups in total. The molecule has 6 atom stereocenters. The Kier molecular flexibility index (Phi) is 9.26. The molecular formula is C27H39BrN2O5S. The smallest absolute Gasteiger partial charge is 0.310 e. The second-order valence-electron chi connectivity index (χ2n) is 10.4. The fraction of sp³-hybridized carbons (Fsp3) is 0.741. The van der Waals surface area contributed by atoms with E-state index < -0.39 is 22.6 Å². The Morgan fingerprint density at radius 3 is 2.64 bits per heavy atom. The van der Waals surface area contributed by atoms with E-state index in [9.17, 15) is 19.5 Å². The monoisotopic (exact) mass is 582 g/mol. The molecule has 3 unspecified atom stereocenters. The first-order valence-electron chi connectivity index (χ1n) is 13.3. The minimum absolute atomic E-state index is 0.0184. The van der Waals surface area contributed by atoms with E-state index in [0.717, 1.165) is 25.7 Å². The van der Waals surface area contributed by atoms with Crippen molar-refractivity contribution in [3.8, 4) is 0 Å². The molecule has 0 aromatic rings. The fourth-order valence-corrected chi connectivity index (χ4v) is 10.4. The molecule has 36 heavy (non-hydrogen) atoms. The quantitative estimate of drug-likeness (QED) is 0.163. The summed E-state index contributed by atoms with van der Waals surface area (Å²) < 4.78 is 4.91. The summed E-state index contributed by atoms with van der Waals surface area (Å²) in [6.45, 7) is 8.74. The van der Waals surface area contributed by atoms with E-state index in [-0.39, 0.29) is 47.1 Å². The third-order valence-corrected chi connectivity index (χ3v) is 11.5. The van der Waals surface area contributed by atoms with Gasteiger partial charge >= 0.3 is 5.97 Å². The van der Waals surface area contributed by atoms with E-state index in [0.29, 0.717) is 38.8 Å². The number of unbranched alkanes of at least 4 members (excludes halogenated alkanes) is 1. The lowest BCUT2D eigenvalue weighted by molar-refractivity contribution is -0.154. The van der Waals surface area contributed by atoms with Crippen LogP contribution in [-0.2, 0) is 19.1 Å². The summed E-state index contributed by atoms with van der Waals surface area (Å²) in [7, 11) is 0. The number of hydrogen-bond donors (Lipinski definition) is 1. The molecule has 0 aromatic heterocycles. The van der Waals surface area contributed by atoms with Crippen molar-refractivity contribution in [2.45, 2.75) is 84.7 Å². The third-order valence-electron chi connectivity index (χ3n) is 8.29. The zero-order chi connectivity index (χ0) is 25.9. The van der Waals surface area contributed by atoms with Gasteiger partial charge in [-0.3, -0.25) is 14.4 Å². The summed E-state index contributed by atoms with van der Waals surface area (Å²) in [5.41, 5.74) is 0. The first kappa shape index (κ1) is 27.7. The summed E-state index contributed by atoms with van der Waals surface area (Å²) in [5.74, 6) is -1.63. The fourth-order valence-electron chi connectivity index (χ4n) is 6.76. The van der Waals surface area contributed by atoms with Crippen LogP contribution in [0.3, 0.4) is 0 Å². The molecule has 0 radical (unpaired) electrons. The molecule has 7 nitrogen and oxygen atoms in total. The van der Waals surface area contributed by atoms with Gasteiger partial charge in [-0.25, -0.2) is 0 Å². The van der Waals surface area contributed by atoms with Crippen LogP contribution in [-0.4, -0.2) is 85.9 Å².